The second kappa shape index (κ2) is 5.58. The Bertz CT molecular complexity index is 551. The molecular weight excluding hydrogens is 338 g/mol. The van der Waals surface area contributed by atoms with E-state index >= 15 is 0 Å². The van der Waals surface area contributed by atoms with Gasteiger partial charge in [0.2, 0.25) is 5.91 Å². The first-order valence-corrected chi connectivity index (χ1v) is 8.70. The zero-order chi connectivity index (χ0) is 14.3. The molecule has 0 radical (unpaired) electrons. The molecule has 6 heteroatoms. The van der Waals surface area contributed by atoms with Crippen LogP contribution in [0.2, 0.25) is 0 Å². The van der Waals surface area contributed by atoms with E-state index < -0.39 is 6.04 Å². The third-order valence-electron chi connectivity index (χ3n) is 3.93. The van der Waals surface area contributed by atoms with E-state index in [1.807, 2.05) is 23.9 Å². The summed E-state index contributed by atoms with van der Waals surface area (Å²) in [5.41, 5.74) is 8.76. The predicted molar refractivity (Wildman–Crippen MR) is 88.5 cm³/mol. The average molecular weight is 356 g/mol. The molecule has 2 aliphatic heterocycles. The number of anilines is 2. The number of rotatable bonds is 2. The van der Waals surface area contributed by atoms with Crippen LogP contribution >= 0.6 is 27.7 Å². The Balaban J connectivity index is 1.91. The van der Waals surface area contributed by atoms with Gasteiger partial charge in [-0.05, 0) is 34.5 Å². The van der Waals surface area contributed by atoms with Crippen LogP contribution in [0.25, 0.3) is 0 Å². The number of hydrogen-bond donors (Lipinski definition) is 2. The topological polar surface area (TPSA) is 58.4 Å². The normalized spacial score (nSPS) is 25.6. The molecule has 0 saturated carbocycles. The lowest BCUT2D eigenvalue weighted by molar-refractivity contribution is -0.116. The van der Waals surface area contributed by atoms with Gasteiger partial charge in [0.05, 0.1) is 5.69 Å². The summed E-state index contributed by atoms with van der Waals surface area (Å²) in [5, 5.41) is 3.54. The van der Waals surface area contributed by atoms with E-state index in [9.17, 15) is 4.79 Å². The van der Waals surface area contributed by atoms with Crippen LogP contribution in [-0.2, 0) is 4.79 Å². The number of nitrogens with one attached hydrogen (secondary N) is 1. The summed E-state index contributed by atoms with van der Waals surface area (Å²) < 4.78 is 1.02. The van der Waals surface area contributed by atoms with Crippen LogP contribution in [0.5, 0.6) is 0 Å². The number of nitrogens with zero attached hydrogens (tertiary/aromatic N) is 1. The number of benzene rings is 1. The molecular formula is C14H18BrN3OS. The number of nitrogens with two attached hydrogens (primary N) is 1. The summed E-state index contributed by atoms with van der Waals surface area (Å²) >= 11 is 5.68. The number of amides is 1. The maximum Gasteiger partial charge on any atom is 0.245 e. The van der Waals surface area contributed by atoms with E-state index in [0.717, 1.165) is 40.3 Å². The van der Waals surface area contributed by atoms with E-state index in [1.165, 1.54) is 6.42 Å². The second-order valence-corrected chi connectivity index (χ2v) is 7.47. The lowest BCUT2D eigenvalue weighted by atomic mass is 10.1. The zero-order valence-corrected chi connectivity index (χ0v) is 13.8. The summed E-state index contributed by atoms with van der Waals surface area (Å²) in [6.45, 7) is 4.33. The Labute approximate surface area is 131 Å². The highest BCUT2D eigenvalue weighted by atomic mass is 79.9. The number of thioether (sulfide) groups is 1. The molecule has 2 atom stereocenters. The van der Waals surface area contributed by atoms with Gasteiger partial charge in [-0.1, -0.05) is 6.92 Å². The molecule has 2 heterocycles. The first kappa shape index (κ1) is 14.2. The minimum Gasteiger partial charge on any atom is -0.369 e. The van der Waals surface area contributed by atoms with Crippen molar-refractivity contribution < 1.29 is 4.79 Å². The number of carbonyl (C=O) groups is 1. The van der Waals surface area contributed by atoms with Crippen molar-refractivity contribution in [1.82, 2.24) is 0 Å². The molecule has 3 N–H and O–H groups in total. The van der Waals surface area contributed by atoms with E-state index in [-0.39, 0.29) is 5.91 Å². The lowest BCUT2D eigenvalue weighted by Crippen LogP contribution is -2.37. The van der Waals surface area contributed by atoms with Crippen molar-refractivity contribution in [3.05, 3.63) is 22.2 Å². The van der Waals surface area contributed by atoms with Gasteiger partial charge < -0.3 is 16.0 Å². The van der Waals surface area contributed by atoms with Crippen LogP contribution in [0.15, 0.2) is 16.6 Å². The summed E-state index contributed by atoms with van der Waals surface area (Å²) in [7, 11) is 0. The Morgan fingerprint density at radius 1 is 1.55 bits per heavy atom. The lowest BCUT2D eigenvalue weighted by Gasteiger charge is -2.34. The fourth-order valence-corrected chi connectivity index (χ4v) is 4.51. The van der Waals surface area contributed by atoms with Crippen molar-refractivity contribution in [3.63, 3.8) is 0 Å². The number of hydrogen-bond acceptors (Lipinski definition) is 4. The molecule has 1 aromatic rings. The molecule has 2 aliphatic rings. The molecule has 1 fully saturated rings. The highest BCUT2D eigenvalue weighted by Crippen LogP contribution is 2.39. The molecule has 1 saturated heterocycles. The first-order valence-electron chi connectivity index (χ1n) is 6.86. The zero-order valence-electron chi connectivity index (χ0n) is 11.4. The van der Waals surface area contributed by atoms with E-state index in [1.54, 1.807) is 0 Å². The number of carbonyl (C=O) groups excluding carboxylic acids is 1. The molecule has 0 aliphatic carbocycles. The van der Waals surface area contributed by atoms with Gasteiger partial charge in [0.25, 0.3) is 0 Å². The molecule has 1 amide bonds. The monoisotopic (exact) mass is 355 g/mol. The summed E-state index contributed by atoms with van der Waals surface area (Å²) in [6, 6.07) is 3.48. The summed E-state index contributed by atoms with van der Waals surface area (Å²) in [5.74, 6) is 1.03. The van der Waals surface area contributed by atoms with Crippen LogP contribution < -0.4 is 16.0 Å². The maximum atomic E-state index is 11.7. The SMILES string of the molecule is CCC1CN(c2cc3c(cc2Br)C(N)C(=O)N3)CCS1. The van der Waals surface area contributed by atoms with Crippen molar-refractivity contribution in [2.75, 3.05) is 29.1 Å². The van der Waals surface area contributed by atoms with Gasteiger partial charge in [0.1, 0.15) is 6.04 Å². The van der Waals surface area contributed by atoms with Crippen LogP contribution in [0.1, 0.15) is 24.9 Å². The van der Waals surface area contributed by atoms with Gasteiger partial charge in [0, 0.05) is 39.8 Å². The van der Waals surface area contributed by atoms with Gasteiger partial charge in [-0.2, -0.15) is 11.8 Å². The molecule has 4 nitrogen and oxygen atoms in total. The highest BCUT2D eigenvalue weighted by molar-refractivity contribution is 9.10. The highest BCUT2D eigenvalue weighted by Gasteiger charge is 2.29. The smallest absolute Gasteiger partial charge is 0.245 e. The van der Waals surface area contributed by atoms with Crippen molar-refractivity contribution in [1.29, 1.82) is 0 Å². The summed E-state index contributed by atoms with van der Waals surface area (Å²) in [6.07, 6.45) is 1.19. The fraction of sp³-hybridized carbons (Fsp3) is 0.500. The first-order chi connectivity index (χ1) is 9.60. The Morgan fingerprint density at radius 3 is 3.10 bits per heavy atom. The number of halogens is 1. The van der Waals surface area contributed by atoms with Crippen LogP contribution in [0.3, 0.4) is 0 Å². The number of fused-ring (bicyclic) bond motifs is 1. The van der Waals surface area contributed by atoms with Crippen molar-refractivity contribution in [2.24, 2.45) is 5.73 Å². The molecule has 0 spiro atoms. The van der Waals surface area contributed by atoms with Crippen LogP contribution in [-0.4, -0.2) is 30.0 Å². The van der Waals surface area contributed by atoms with E-state index in [0.29, 0.717) is 5.25 Å². The molecule has 0 aromatic heterocycles. The second-order valence-electron chi connectivity index (χ2n) is 5.20. The van der Waals surface area contributed by atoms with E-state index in [2.05, 4.69) is 33.1 Å². The maximum absolute atomic E-state index is 11.7. The van der Waals surface area contributed by atoms with Gasteiger partial charge in [-0.25, -0.2) is 0 Å². The molecule has 3 rings (SSSR count). The Kier molecular flexibility index (Phi) is 3.97. The molecule has 0 bridgehead atoms. The van der Waals surface area contributed by atoms with Crippen molar-refractivity contribution in [3.8, 4) is 0 Å². The van der Waals surface area contributed by atoms with Gasteiger partial charge in [0.15, 0.2) is 0 Å². The molecule has 20 heavy (non-hydrogen) atoms. The van der Waals surface area contributed by atoms with Crippen LogP contribution in [0.4, 0.5) is 11.4 Å². The minimum absolute atomic E-state index is 0.121. The Morgan fingerprint density at radius 2 is 2.35 bits per heavy atom. The van der Waals surface area contributed by atoms with Crippen LogP contribution in [0, 0.1) is 0 Å². The molecule has 108 valence electrons. The van der Waals surface area contributed by atoms with Gasteiger partial charge in [-0.15, -0.1) is 0 Å². The van der Waals surface area contributed by atoms with Crippen molar-refractivity contribution in [2.45, 2.75) is 24.6 Å². The average Bonchev–Trinajstić information content (AvgIpc) is 2.73. The van der Waals surface area contributed by atoms with E-state index in [4.69, 9.17) is 5.73 Å². The van der Waals surface area contributed by atoms with Crippen molar-refractivity contribution >= 4 is 45.0 Å². The third-order valence-corrected chi connectivity index (χ3v) is 5.94. The molecule has 1 aromatic carbocycles. The molecule has 2 unspecified atom stereocenters. The quantitative estimate of drug-likeness (QED) is 0.856. The largest absolute Gasteiger partial charge is 0.369 e. The summed E-state index contributed by atoms with van der Waals surface area (Å²) in [4.78, 5) is 14.1. The predicted octanol–water partition coefficient (Wildman–Crippen LogP) is 2.73. The van der Waals surface area contributed by atoms with Gasteiger partial charge >= 0.3 is 0 Å². The minimum atomic E-state index is -0.546. The standard InChI is InChI=1S/C14H18BrN3OS/c1-2-8-7-18(3-4-20-8)12-6-11-9(5-10(12)15)13(16)14(19)17-11/h5-6,8,13H,2-4,7,16H2,1H3,(H,17,19). The Hall–Kier alpha value is -0.720. The fourth-order valence-electron chi connectivity index (χ4n) is 2.72. The van der Waals surface area contributed by atoms with Gasteiger partial charge in [-0.3, -0.25) is 4.79 Å². The third kappa shape index (κ3) is 2.44.